The molecule has 1 heterocycles. The summed E-state index contributed by atoms with van der Waals surface area (Å²) in [4.78, 5) is 29.9. The van der Waals surface area contributed by atoms with E-state index in [9.17, 15) is 36.3 Å². The molecule has 0 saturated heterocycles. The monoisotopic (exact) mass is 672 g/mol. The molecule has 1 aliphatic heterocycles. The molecule has 0 radical (unpaired) electrons. The van der Waals surface area contributed by atoms with Crippen molar-refractivity contribution in [3.63, 3.8) is 0 Å². The molecule has 0 unspecified atom stereocenters. The third-order valence-electron chi connectivity index (χ3n) is 7.62. The van der Waals surface area contributed by atoms with Crippen molar-refractivity contribution in [2.45, 2.75) is 64.5 Å². The number of rotatable bonds is 7. The number of nitrogens with one attached hydrogen (secondary N) is 2. The average Bonchev–Trinajstić information content (AvgIpc) is 2.97. The van der Waals surface area contributed by atoms with Gasteiger partial charge in [0, 0.05) is 44.0 Å². The molecule has 4 atom stereocenters. The number of amides is 3. The molecule has 0 fully saturated rings. The summed E-state index contributed by atoms with van der Waals surface area (Å²) in [6.45, 7) is 5.62. The first-order valence-electron chi connectivity index (χ1n) is 15.0. The fourth-order valence-corrected chi connectivity index (χ4v) is 5.53. The number of aliphatic hydroxyl groups is 1. The largest absolute Gasteiger partial charge is 0.490 e. The first-order valence-corrected chi connectivity index (χ1v) is 16.9. The normalized spacial score (nSPS) is 20.9. The third-order valence-corrected chi connectivity index (χ3v) is 8.23. The minimum Gasteiger partial charge on any atom is -0.490 e. The molecule has 2 aromatic carbocycles. The van der Waals surface area contributed by atoms with Crippen LogP contribution in [0.4, 0.5) is 29.3 Å². The van der Waals surface area contributed by atoms with Crippen LogP contribution in [0.25, 0.3) is 0 Å². The lowest BCUT2D eigenvalue weighted by molar-refractivity contribution is -0.137. The Hall–Kier alpha value is -3.56. The second-order valence-electron chi connectivity index (χ2n) is 11.8. The van der Waals surface area contributed by atoms with Gasteiger partial charge >= 0.3 is 12.2 Å². The van der Waals surface area contributed by atoms with E-state index in [0.717, 1.165) is 24.8 Å². The molecule has 1 aliphatic rings. The number of fused-ring (bicyclic) bond motifs is 1. The Morgan fingerprint density at radius 1 is 1.13 bits per heavy atom. The Morgan fingerprint density at radius 2 is 1.78 bits per heavy atom. The number of urea groups is 1. The summed E-state index contributed by atoms with van der Waals surface area (Å²) in [5.41, 5.74) is -0.337. The first-order chi connectivity index (χ1) is 21.5. The molecule has 11 nitrogen and oxygen atoms in total. The lowest BCUT2D eigenvalue weighted by Crippen LogP contribution is -2.48. The van der Waals surface area contributed by atoms with E-state index >= 15 is 0 Å². The molecule has 2 aromatic rings. The van der Waals surface area contributed by atoms with Crippen LogP contribution in [0.2, 0.25) is 0 Å². The Labute approximate surface area is 268 Å². The van der Waals surface area contributed by atoms with Crippen molar-refractivity contribution in [1.82, 2.24) is 9.80 Å². The van der Waals surface area contributed by atoms with Crippen LogP contribution in [0, 0.1) is 5.92 Å². The zero-order valence-corrected chi connectivity index (χ0v) is 27.5. The third kappa shape index (κ3) is 10.8. The number of aliphatic hydroxyl groups excluding tert-OH is 1. The summed E-state index contributed by atoms with van der Waals surface area (Å²) in [5.74, 6) is -0.566. The summed E-state index contributed by atoms with van der Waals surface area (Å²) in [7, 11) is -2.10. The van der Waals surface area contributed by atoms with E-state index in [-0.39, 0.29) is 54.4 Å². The van der Waals surface area contributed by atoms with Crippen LogP contribution >= 0.6 is 0 Å². The maximum atomic E-state index is 14.1. The molecule has 0 saturated carbocycles. The summed E-state index contributed by atoms with van der Waals surface area (Å²) in [6, 6.07) is 7.40. The van der Waals surface area contributed by atoms with Gasteiger partial charge in [-0.05, 0) is 75.6 Å². The fourth-order valence-electron chi connectivity index (χ4n) is 4.98. The Morgan fingerprint density at radius 3 is 2.39 bits per heavy atom. The van der Waals surface area contributed by atoms with Gasteiger partial charge in [-0.1, -0.05) is 6.92 Å². The van der Waals surface area contributed by atoms with Crippen molar-refractivity contribution in [3.8, 4) is 5.75 Å². The summed E-state index contributed by atoms with van der Waals surface area (Å²) < 4.78 is 77.3. The van der Waals surface area contributed by atoms with Gasteiger partial charge in [0.15, 0.2) is 0 Å². The topological polar surface area (TPSA) is 138 Å². The molecule has 0 spiro atoms. The number of benzene rings is 2. The van der Waals surface area contributed by atoms with Crippen LogP contribution in [0.3, 0.4) is 0 Å². The van der Waals surface area contributed by atoms with Crippen LogP contribution < -0.4 is 14.8 Å². The van der Waals surface area contributed by atoms with Gasteiger partial charge in [-0.15, -0.1) is 0 Å². The van der Waals surface area contributed by atoms with E-state index in [1.54, 1.807) is 13.0 Å². The molecular formula is C31H43F3N4O7S. The van der Waals surface area contributed by atoms with Crippen LogP contribution in [-0.4, -0.2) is 93.1 Å². The predicted octanol–water partition coefficient (Wildman–Crippen LogP) is 5.04. The number of hydrogen-bond donors (Lipinski definition) is 3. The number of likely N-dealkylation sites (N-methyl/N-ethyl adjacent to an activating group) is 1. The Bertz CT molecular complexity index is 1440. The molecule has 3 rings (SSSR count). The van der Waals surface area contributed by atoms with E-state index in [1.807, 2.05) is 13.8 Å². The van der Waals surface area contributed by atoms with Gasteiger partial charge in [0.25, 0.3) is 5.91 Å². The number of sulfonamides is 1. The summed E-state index contributed by atoms with van der Waals surface area (Å²) in [6.07, 6.45) is -2.24. The first kappa shape index (κ1) is 36.9. The van der Waals surface area contributed by atoms with Gasteiger partial charge in [0.1, 0.15) is 5.75 Å². The molecule has 15 heteroatoms. The molecule has 0 aliphatic carbocycles. The van der Waals surface area contributed by atoms with Gasteiger partial charge in [-0.2, -0.15) is 13.2 Å². The van der Waals surface area contributed by atoms with Crippen LogP contribution in [-0.2, 0) is 20.9 Å². The van der Waals surface area contributed by atoms with E-state index in [0.29, 0.717) is 19.4 Å². The van der Waals surface area contributed by atoms with Crippen molar-refractivity contribution in [2.24, 2.45) is 5.92 Å². The van der Waals surface area contributed by atoms with Crippen molar-refractivity contribution in [1.29, 1.82) is 0 Å². The minimum absolute atomic E-state index is 0.0989. The second-order valence-corrected chi connectivity index (χ2v) is 13.5. The predicted molar refractivity (Wildman–Crippen MR) is 168 cm³/mol. The number of alkyl halides is 3. The highest BCUT2D eigenvalue weighted by molar-refractivity contribution is 7.92. The van der Waals surface area contributed by atoms with E-state index in [4.69, 9.17) is 9.47 Å². The van der Waals surface area contributed by atoms with Gasteiger partial charge in [0.2, 0.25) is 10.0 Å². The maximum Gasteiger partial charge on any atom is 0.416 e. The van der Waals surface area contributed by atoms with E-state index in [2.05, 4.69) is 10.0 Å². The second kappa shape index (κ2) is 15.8. The molecule has 3 amide bonds. The molecule has 46 heavy (non-hydrogen) atoms. The standard InChI is InChI=1S/C31H43F3N4O7S/c1-20-17-38(21(2)19-39)29(40)26-16-25(36-46(5,42)43)13-14-27(26)45-22(3)8-6-7-15-44-28(20)18-37(4)30(41)35-24-11-9-23(10-12-24)31(32,33)34/h9-14,16,20-22,28,36,39H,6-8,15,17-19H2,1-5H3,(H,35,41)/t20-,21-,22-,28+/m1/s1. The van der Waals surface area contributed by atoms with E-state index in [1.165, 1.54) is 41.1 Å². The van der Waals surface area contributed by atoms with Gasteiger partial charge in [-0.3, -0.25) is 9.52 Å². The number of anilines is 2. The molecule has 0 bridgehead atoms. The molecule has 3 N–H and O–H groups in total. The minimum atomic E-state index is -4.50. The van der Waals surface area contributed by atoms with E-state index < -0.39 is 45.8 Å². The number of carbonyl (C=O) groups is 2. The number of hydrogen-bond acceptors (Lipinski definition) is 7. The number of halogens is 3. The summed E-state index contributed by atoms with van der Waals surface area (Å²) in [5, 5.41) is 12.7. The van der Waals surface area contributed by atoms with Gasteiger partial charge in [0.05, 0.1) is 42.2 Å². The number of ether oxygens (including phenoxy) is 2. The summed E-state index contributed by atoms with van der Waals surface area (Å²) >= 11 is 0. The highest BCUT2D eigenvalue weighted by Gasteiger charge is 2.32. The van der Waals surface area contributed by atoms with Gasteiger partial charge < -0.3 is 29.7 Å². The lowest BCUT2D eigenvalue weighted by Gasteiger charge is -2.35. The molecule has 256 valence electrons. The number of carbonyl (C=O) groups excluding carboxylic acids is 2. The Kier molecular flexibility index (Phi) is 12.7. The highest BCUT2D eigenvalue weighted by Crippen LogP contribution is 2.31. The van der Waals surface area contributed by atoms with Crippen LogP contribution in [0.1, 0.15) is 56.0 Å². The average molecular weight is 673 g/mol. The lowest BCUT2D eigenvalue weighted by atomic mass is 10.0. The number of nitrogens with zero attached hydrogens (tertiary/aromatic N) is 2. The van der Waals surface area contributed by atoms with Crippen molar-refractivity contribution >= 4 is 33.3 Å². The molecular weight excluding hydrogens is 629 g/mol. The van der Waals surface area contributed by atoms with Gasteiger partial charge in [-0.25, -0.2) is 13.2 Å². The zero-order valence-electron chi connectivity index (χ0n) is 26.6. The van der Waals surface area contributed by atoms with Crippen LogP contribution in [0.5, 0.6) is 5.75 Å². The molecule has 0 aromatic heterocycles. The quantitative estimate of drug-likeness (QED) is 0.375. The zero-order chi connectivity index (χ0) is 34.2. The highest BCUT2D eigenvalue weighted by atomic mass is 32.2. The fraction of sp³-hybridized carbons (Fsp3) is 0.548. The maximum absolute atomic E-state index is 14.1. The van der Waals surface area contributed by atoms with Crippen molar-refractivity contribution < 1.29 is 45.8 Å². The Balaban J connectivity index is 1.87. The van der Waals surface area contributed by atoms with Crippen molar-refractivity contribution in [2.75, 3.05) is 49.6 Å². The van der Waals surface area contributed by atoms with Crippen molar-refractivity contribution in [3.05, 3.63) is 53.6 Å². The van der Waals surface area contributed by atoms with Crippen LogP contribution in [0.15, 0.2) is 42.5 Å². The SMILES string of the molecule is C[C@@H]1CCCCO[C@@H](CN(C)C(=O)Nc2ccc(C(F)(F)F)cc2)[C@H](C)CN([C@H](C)CO)C(=O)c2cc(NS(C)(=O)=O)ccc2O1. The smallest absolute Gasteiger partial charge is 0.416 e.